The van der Waals surface area contributed by atoms with Crippen molar-refractivity contribution in [2.24, 2.45) is 0 Å². The summed E-state index contributed by atoms with van der Waals surface area (Å²) in [6.45, 7) is 0.0298. The number of fused-ring (bicyclic) bond motifs is 1. The number of nitrogens with one attached hydrogen (secondary N) is 1. The van der Waals surface area contributed by atoms with E-state index < -0.39 is 0 Å². The van der Waals surface area contributed by atoms with Crippen molar-refractivity contribution < 1.29 is 9.53 Å². The second-order valence-electron chi connectivity index (χ2n) is 3.18. The maximum atomic E-state index is 11.0. The maximum Gasteiger partial charge on any atom is 0.262 e. The van der Waals surface area contributed by atoms with Gasteiger partial charge in [-0.3, -0.25) is 4.79 Å². The predicted molar refractivity (Wildman–Crippen MR) is 57.7 cm³/mol. The van der Waals surface area contributed by atoms with Crippen molar-refractivity contribution in [3.8, 4) is 23.7 Å². The Labute approximate surface area is 92.8 Å². The molecule has 1 aromatic carbocycles. The predicted octanol–water partition coefficient (Wildman–Crippen LogP) is 1.28. The number of hydrogen-bond acceptors (Lipinski definition) is 3. The highest BCUT2D eigenvalue weighted by molar-refractivity contribution is 5.95. The molecular formula is C12H8N2O2. The number of amides is 1. The summed E-state index contributed by atoms with van der Waals surface area (Å²) in [5.41, 5.74) is 1.42. The van der Waals surface area contributed by atoms with E-state index >= 15 is 0 Å². The molecule has 0 aromatic heterocycles. The molecule has 2 rings (SSSR count). The van der Waals surface area contributed by atoms with Crippen molar-refractivity contribution in [3.05, 3.63) is 23.8 Å². The molecule has 0 aliphatic carbocycles. The lowest BCUT2D eigenvalue weighted by molar-refractivity contribution is -0.118. The molecular weight excluding hydrogens is 204 g/mol. The fourth-order valence-electron chi connectivity index (χ4n) is 1.34. The first-order valence-corrected chi connectivity index (χ1v) is 4.72. The van der Waals surface area contributed by atoms with Gasteiger partial charge in [-0.1, -0.05) is 11.8 Å². The van der Waals surface area contributed by atoms with Crippen LogP contribution in [-0.4, -0.2) is 12.5 Å². The van der Waals surface area contributed by atoms with E-state index in [1.807, 2.05) is 6.07 Å². The Kier molecular flexibility index (Phi) is 2.75. The molecule has 0 bridgehead atoms. The standard InChI is InChI=1S/C12H8N2O2/c13-6-2-1-3-9-4-5-10-11(7-9)16-8-12(15)14-10/h4-5,7H,2,8H2,(H,14,15). The highest BCUT2D eigenvalue weighted by Gasteiger charge is 2.15. The van der Waals surface area contributed by atoms with E-state index in [1.165, 1.54) is 0 Å². The molecule has 78 valence electrons. The molecule has 0 spiro atoms. The van der Waals surface area contributed by atoms with Gasteiger partial charge in [-0.2, -0.15) is 5.26 Å². The molecule has 1 aliphatic rings. The number of benzene rings is 1. The second kappa shape index (κ2) is 4.37. The van der Waals surface area contributed by atoms with Crippen molar-refractivity contribution in [1.82, 2.24) is 0 Å². The van der Waals surface area contributed by atoms with Crippen LogP contribution < -0.4 is 10.1 Å². The van der Waals surface area contributed by atoms with Gasteiger partial charge in [-0.15, -0.1) is 0 Å². The minimum Gasteiger partial charge on any atom is -0.482 e. The third-order valence-electron chi connectivity index (χ3n) is 2.01. The van der Waals surface area contributed by atoms with Gasteiger partial charge in [0.2, 0.25) is 0 Å². The summed E-state index contributed by atoms with van der Waals surface area (Å²) in [5.74, 6) is 6.01. The van der Waals surface area contributed by atoms with Crippen LogP contribution in [0.2, 0.25) is 0 Å². The van der Waals surface area contributed by atoms with Crippen LogP contribution in [0.3, 0.4) is 0 Å². The van der Waals surface area contributed by atoms with E-state index in [1.54, 1.807) is 18.2 Å². The fourth-order valence-corrected chi connectivity index (χ4v) is 1.34. The number of nitrogens with zero attached hydrogens (tertiary/aromatic N) is 1. The molecule has 0 atom stereocenters. The topological polar surface area (TPSA) is 62.1 Å². The highest BCUT2D eigenvalue weighted by Crippen LogP contribution is 2.28. The van der Waals surface area contributed by atoms with E-state index in [9.17, 15) is 4.79 Å². The monoisotopic (exact) mass is 212 g/mol. The minimum absolute atomic E-state index is 0.0298. The average molecular weight is 212 g/mol. The summed E-state index contributed by atoms with van der Waals surface area (Å²) < 4.78 is 5.24. The van der Waals surface area contributed by atoms with Crippen LogP contribution in [0.15, 0.2) is 18.2 Å². The van der Waals surface area contributed by atoms with Crippen LogP contribution in [0.1, 0.15) is 12.0 Å². The van der Waals surface area contributed by atoms with Crippen LogP contribution >= 0.6 is 0 Å². The van der Waals surface area contributed by atoms with Crippen molar-refractivity contribution in [3.63, 3.8) is 0 Å². The Morgan fingerprint density at radius 1 is 1.50 bits per heavy atom. The summed E-state index contributed by atoms with van der Waals surface area (Å²) in [6, 6.07) is 7.21. The summed E-state index contributed by atoms with van der Waals surface area (Å²) in [5, 5.41) is 11.0. The number of carbonyl (C=O) groups is 1. The van der Waals surface area contributed by atoms with Gasteiger partial charge in [0.05, 0.1) is 18.2 Å². The number of rotatable bonds is 0. The molecule has 1 heterocycles. The van der Waals surface area contributed by atoms with E-state index in [0.29, 0.717) is 11.4 Å². The molecule has 0 unspecified atom stereocenters. The Hall–Kier alpha value is -2.46. The van der Waals surface area contributed by atoms with Gasteiger partial charge >= 0.3 is 0 Å². The van der Waals surface area contributed by atoms with Crippen molar-refractivity contribution >= 4 is 11.6 Å². The quantitative estimate of drug-likeness (QED) is 0.659. The lowest BCUT2D eigenvalue weighted by Gasteiger charge is -2.17. The summed E-state index contributed by atoms with van der Waals surface area (Å²) in [6.07, 6.45) is 0.203. The number of ether oxygens (including phenoxy) is 1. The molecule has 1 N–H and O–H groups in total. The van der Waals surface area contributed by atoms with Gasteiger partial charge in [-0.05, 0) is 18.2 Å². The minimum atomic E-state index is -0.157. The molecule has 16 heavy (non-hydrogen) atoms. The number of nitriles is 1. The first-order valence-electron chi connectivity index (χ1n) is 4.72. The number of anilines is 1. The fraction of sp³-hybridized carbons (Fsp3) is 0.167. The van der Waals surface area contributed by atoms with Crippen molar-refractivity contribution in [2.75, 3.05) is 11.9 Å². The van der Waals surface area contributed by atoms with Gasteiger partial charge in [0.1, 0.15) is 5.75 Å². The van der Waals surface area contributed by atoms with E-state index in [2.05, 4.69) is 17.2 Å². The second-order valence-corrected chi connectivity index (χ2v) is 3.18. The summed E-state index contributed by atoms with van der Waals surface area (Å²) >= 11 is 0. The zero-order chi connectivity index (χ0) is 11.4. The van der Waals surface area contributed by atoms with Gasteiger partial charge in [0, 0.05) is 5.56 Å². The Balaban J connectivity index is 2.24. The lowest BCUT2D eigenvalue weighted by Crippen LogP contribution is -2.25. The Morgan fingerprint density at radius 3 is 3.19 bits per heavy atom. The van der Waals surface area contributed by atoms with E-state index in [-0.39, 0.29) is 18.9 Å². The number of hydrogen-bond donors (Lipinski definition) is 1. The van der Waals surface area contributed by atoms with Crippen LogP contribution in [0.5, 0.6) is 5.75 Å². The zero-order valence-corrected chi connectivity index (χ0v) is 8.41. The van der Waals surface area contributed by atoms with E-state index in [4.69, 9.17) is 10.00 Å². The van der Waals surface area contributed by atoms with Crippen molar-refractivity contribution in [2.45, 2.75) is 6.42 Å². The SMILES string of the molecule is N#CCC#Cc1ccc2c(c1)OCC(=O)N2. The molecule has 0 radical (unpaired) electrons. The van der Waals surface area contributed by atoms with Crippen LogP contribution in [-0.2, 0) is 4.79 Å². The third kappa shape index (κ3) is 2.13. The summed E-state index contributed by atoms with van der Waals surface area (Å²) in [7, 11) is 0. The van der Waals surface area contributed by atoms with Gasteiger partial charge in [0.15, 0.2) is 6.61 Å². The van der Waals surface area contributed by atoms with Gasteiger partial charge in [0.25, 0.3) is 5.91 Å². The third-order valence-corrected chi connectivity index (χ3v) is 2.01. The molecule has 0 saturated heterocycles. The molecule has 0 fully saturated rings. The Bertz CT molecular complexity index is 532. The van der Waals surface area contributed by atoms with Crippen LogP contribution in [0.4, 0.5) is 5.69 Å². The van der Waals surface area contributed by atoms with Gasteiger partial charge in [-0.25, -0.2) is 0 Å². The smallest absolute Gasteiger partial charge is 0.262 e. The lowest BCUT2D eigenvalue weighted by atomic mass is 10.1. The highest BCUT2D eigenvalue weighted by atomic mass is 16.5. The van der Waals surface area contributed by atoms with Gasteiger partial charge < -0.3 is 10.1 Å². The van der Waals surface area contributed by atoms with Crippen LogP contribution in [0, 0.1) is 23.2 Å². The van der Waals surface area contributed by atoms with E-state index in [0.717, 1.165) is 5.56 Å². The summed E-state index contributed by atoms with van der Waals surface area (Å²) in [4.78, 5) is 11.0. The molecule has 1 aromatic rings. The zero-order valence-electron chi connectivity index (χ0n) is 8.41. The molecule has 1 aliphatic heterocycles. The Morgan fingerprint density at radius 2 is 2.38 bits per heavy atom. The largest absolute Gasteiger partial charge is 0.482 e. The number of carbonyl (C=O) groups excluding carboxylic acids is 1. The molecule has 0 saturated carbocycles. The average Bonchev–Trinajstić information content (AvgIpc) is 2.29. The normalized spacial score (nSPS) is 12.3. The van der Waals surface area contributed by atoms with Crippen LogP contribution in [0.25, 0.3) is 0 Å². The maximum absolute atomic E-state index is 11.0. The molecule has 4 nitrogen and oxygen atoms in total. The van der Waals surface area contributed by atoms with Crippen molar-refractivity contribution in [1.29, 1.82) is 5.26 Å². The first kappa shape index (κ1) is 10.1. The molecule has 1 amide bonds. The molecule has 4 heteroatoms. The first-order chi connectivity index (χ1) is 7.79.